The molecule has 5 nitrogen and oxygen atoms in total. The van der Waals surface area contributed by atoms with Crippen LogP contribution >= 0.6 is 11.6 Å². The van der Waals surface area contributed by atoms with Crippen LogP contribution in [0.3, 0.4) is 0 Å². The smallest absolute Gasteiger partial charge is 0.280 e. The fraction of sp³-hybridized carbons (Fsp3) is 0.0714. The summed E-state index contributed by atoms with van der Waals surface area (Å²) < 4.78 is 6.66. The summed E-state index contributed by atoms with van der Waals surface area (Å²) in [5, 5.41) is 8.96. The maximum absolute atomic E-state index is 12.2. The molecule has 0 saturated heterocycles. The molecular formula is C14H10ClN3O2. The Bertz CT molecular complexity index is 799. The van der Waals surface area contributed by atoms with E-state index in [0.717, 1.165) is 0 Å². The van der Waals surface area contributed by atoms with Crippen LogP contribution < -0.4 is 10.3 Å². The highest BCUT2D eigenvalue weighted by atomic mass is 35.5. The molecule has 100 valence electrons. The molecule has 0 atom stereocenters. The summed E-state index contributed by atoms with van der Waals surface area (Å²) in [4.78, 5) is 12.2. The number of fused-ring (bicyclic) bond motifs is 1. The topological polar surface area (TPSA) is 57.0 Å². The maximum atomic E-state index is 12.2. The number of nitrogens with zero attached hydrogens (tertiary/aromatic N) is 3. The van der Waals surface area contributed by atoms with Gasteiger partial charge < -0.3 is 4.74 Å². The number of aromatic nitrogens is 3. The zero-order valence-corrected chi connectivity index (χ0v) is 11.1. The first-order valence-corrected chi connectivity index (χ1v) is 6.33. The van der Waals surface area contributed by atoms with Crippen LogP contribution in [-0.2, 0) is 6.73 Å². The standard InChI is InChI=1S/C14H10ClN3O2/c15-10-5-7-11(8-6-10)20-9-18-14(19)12-3-1-2-4-13(12)16-17-18/h1-8H,9H2. The number of hydrogen-bond donors (Lipinski definition) is 0. The number of rotatable bonds is 3. The van der Waals surface area contributed by atoms with Gasteiger partial charge in [0, 0.05) is 5.02 Å². The zero-order valence-electron chi connectivity index (χ0n) is 10.4. The highest BCUT2D eigenvalue weighted by Gasteiger charge is 2.05. The summed E-state index contributed by atoms with van der Waals surface area (Å²) in [7, 11) is 0. The molecule has 0 radical (unpaired) electrons. The van der Waals surface area contributed by atoms with E-state index in [9.17, 15) is 4.79 Å². The number of benzene rings is 2. The molecule has 0 N–H and O–H groups in total. The fourth-order valence-corrected chi connectivity index (χ4v) is 1.90. The molecule has 1 aromatic heterocycles. The minimum atomic E-state index is -0.232. The quantitative estimate of drug-likeness (QED) is 0.742. The van der Waals surface area contributed by atoms with Gasteiger partial charge in [-0.05, 0) is 36.4 Å². The number of halogens is 1. The molecule has 20 heavy (non-hydrogen) atoms. The van der Waals surface area contributed by atoms with Gasteiger partial charge in [0.15, 0.2) is 6.73 Å². The second-order valence-electron chi connectivity index (χ2n) is 4.14. The van der Waals surface area contributed by atoms with Crippen LogP contribution in [0.25, 0.3) is 10.9 Å². The highest BCUT2D eigenvalue weighted by molar-refractivity contribution is 6.30. The first-order chi connectivity index (χ1) is 9.74. The van der Waals surface area contributed by atoms with Crippen molar-refractivity contribution in [3.05, 3.63) is 63.9 Å². The molecule has 0 aliphatic carbocycles. The van der Waals surface area contributed by atoms with Crippen LogP contribution in [0.4, 0.5) is 0 Å². The molecule has 0 unspecified atom stereocenters. The van der Waals surface area contributed by atoms with E-state index in [1.165, 1.54) is 4.68 Å². The van der Waals surface area contributed by atoms with Crippen LogP contribution in [0.15, 0.2) is 53.3 Å². The van der Waals surface area contributed by atoms with E-state index < -0.39 is 0 Å². The van der Waals surface area contributed by atoms with E-state index in [4.69, 9.17) is 16.3 Å². The van der Waals surface area contributed by atoms with Gasteiger partial charge in [0.1, 0.15) is 11.3 Å². The van der Waals surface area contributed by atoms with Crippen molar-refractivity contribution < 1.29 is 4.74 Å². The van der Waals surface area contributed by atoms with Crippen LogP contribution in [0.1, 0.15) is 0 Å². The van der Waals surface area contributed by atoms with Gasteiger partial charge in [0.05, 0.1) is 5.39 Å². The van der Waals surface area contributed by atoms with Crippen molar-refractivity contribution in [3.8, 4) is 5.75 Å². The number of ether oxygens (including phenoxy) is 1. The molecule has 0 spiro atoms. The Morgan fingerprint density at radius 3 is 2.65 bits per heavy atom. The summed E-state index contributed by atoms with van der Waals surface area (Å²) in [6.07, 6.45) is 0. The molecule has 0 fully saturated rings. The Morgan fingerprint density at radius 2 is 1.85 bits per heavy atom. The Hall–Kier alpha value is -2.40. The van der Waals surface area contributed by atoms with Crippen molar-refractivity contribution in [1.82, 2.24) is 15.0 Å². The Kier molecular flexibility index (Phi) is 3.35. The summed E-state index contributed by atoms with van der Waals surface area (Å²) >= 11 is 5.79. The minimum Gasteiger partial charge on any atom is -0.471 e. The highest BCUT2D eigenvalue weighted by Crippen LogP contribution is 2.15. The van der Waals surface area contributed by atoms with E-state index in [1.54, 1.807) is 42.5 Å². The van der Waals surface area contributed by atoms with Crippen LogP contribution in [0, 0.1) is 0 Å². The van der Waals surface area contributed by atoms with Gasteiger partial charge in [0.25, 0.3) is 5.56 Å². The van der Waals surface area contributed by atoms with Gasteiger partial charge in [0.2, 0.25) is 0 Å². The van der Waals surface area contributed by atoms with Crippen LogP contribution in [-0.4, -0.2) is 15.0 Å². The molecule has 3 aromatic rings. The minimum absolute atomic E-state index is 0.00169. The lowest BCUT2D eigenvalue weighted by Crippen LogP contribution is -2.26. The predicted octanol–water partition coefficient (Wildman–Crippen LogP) is 2.48. The van der Waals surface area contributed by atoms with Crippen molar-refractivity contribution in [1.29, 1.82) is 0 Å². The first kappa shape index (κ1) is 12.6. The summed E-state index contributed by atoms with van der Waals surface area (Å²) in [6, 6.07) is 13.9. The van der Waals surface area contributed by atoms with Gasteiger partial charge in [-0.15, -0.1) is 5.10 Å². The average molecular weight is 288 g/mol. The molecular weight excluding hydrogens is 278 g/mol. The van der Waals surface area contributed by atoms with E-state index in [2.05, 4.69) is 10.3 Å². The van der Waals surface area contributed by atoms with Crippen molar-refractivity contribution in [2.75, 3.05) is 0 Å². The second-order valence-corrected chi connectivity index (χ2v) is 4.58. The second kappa shape index (κ2) is 5.30. The van der Waals surface area contributed by atoms with Crippen molar-refractivity contribution in [2.24, 2.45) is 0 Å². The molecule has 0 aliphatic heterocycles. The van der Waals surface area contributed by atoms with Crippen molar-refractivity contribution in [2.45, 2.75) is 6.73 Å². The number of hydrogen-bond acceptors (Lipinski definition) is 4. The van der Waals surface area contributed by atoms with Crippen molar-refractivity contribution >= 4 is 22.5 Å². The Balaban J connectivity index is 1.86. The third-order valence-electron chi connectivity index (χ3n) is 2.80. The lowest BCUT2D eigenvalue weighted by atomic mass is 10.2. The van der Waals surface area contributed by atoms with Gasteiger partial charge >= 0.3 is 0 Å². The molecule has 0 amide bonds. The largest absolute Gasteiger partial charge is 0.471 e. The molecule has 0 saturated carbocycles. The molecule has 1 heterocycles. The lowest BCUT2D eigenvalue weighted by Gasteiger charge is -2.07. The first-order valence-electron chi connectivity index (χ1n) is 5.95. The van der Waals surface area contributed by atoms with Gasteiger partial charge in [-0.3, -0.25) is 4.79 Å². The van der Waals surface area contributed by atoms with E-state index >= 15 is 0 Å². The summed E-state index contributed by atoms with van der Waals surface area (Å²) in [5.41, 5.74) is 0.338. The Labute approximate surface area is 119 Å². The predicted molar refractivity (Wildman–Crippen MR) is 75.9 cm³/mol. The van der Waals surface area contributed by atoms with E-state index in [1.807, 2.05) is 6.07 Å². The monoisotopic (exact) mass is 287 g/mol. The van der Waals surface area contributed by atoms with Gasteiger partial charge in [-0.1, -0.05) is 28.9 Å². The summed E-state index contributed by atoms with van der Waals surface area (Å²) in [6.45, 7) is -0.00169. The molecule has 0 bridgehead atoms. The van der Waals surface area contributed by atoms with Crippen molar-refractivity contribution in [3.63, 3.8) is 0 Å². The molecule has 2 aromatic carbocycles. The Morgan fingerprint density at radius 1 is 1.10 bits per heavy atom. The fourth-order valence-electron chi connectivity index (χ4n) is 1.77. The third kappa shape index (κ3) is 2.48. The lowest BCUT2D eigenvalue weighted by molar-refractivity contribution is 0.210. The molecule has 0 aliphatic rings. The summed E-state index contributed by atoms with van der Waals surface area (Å²) in [5.74, 6) is 0.608. The average Bonchev–Trinajstić information content (AvgIpc) is 2.49. The molecule has 6 heteroatoms. The molecule has 3 rings (SSSR count). The van der Waals surface area contributed by atoms with Gasteiger partial charge in [-0.25, -0.2) is 0 Å². The van der Waals surface area contributed by atoms with Crippen LogP contribution in [0.5, 0.6) is 5.75 Å². The van der Waals surface area contributed by atoms with E-state index in [-0.39, 0.29) is 12.3 Å². The SMILES string of the molecule is O=c1c2ccccc2nnn1COc1ccc(Cl)cc1. The van der Waals surface area contributed by atoms with E-state index in [0.29, 0.717) is 21.7 Å². The normalized spacial score (nSPS) is 10.7. The van der Waals surface area contributed by atoms with Gasteiger partial charge in [-0.2, -0.15) is 4.68 Å². The third-order valence-corrected chi connectivity index (χ3v) is 3.05. The zero-order chi connectivity index (χ0) is 13.9. The van der Waals surface area contributed by atoms with Crippen LogP contribution in [0.2, 0.25) is 5.02 Å². The maximum Gasteiger partial charge on any atom is 0.280 e.